The number of rotatable bonds is 4. The van der Waals surface area contributed by atoms with Gasteiger partial charge in [0.15, 0.2) is 0 Å². The first kappa shape index (κ1) is 15.6. The van der Waals surface area contributed by atoms with Gasteiger partial charge in [0, 0.05) is 30.4 Å². The minimum absolute atomic E-state index is 0.205. The van der Waals surface area contributed by atoms with Gasteiger partial charge in [-0.05, 0) is 53.0 Å². The second-order valence-electron chi connectivity index (χ2n) is 7.21. The van der Waals surface area contributed by atoms with Crippen molar-refractivity contribution in [2.45, 2.75) is 77.8 Å². The molecule has 1 N–H and O–H groups in total. The zero-order chi connectivity index (χ0) is 14.6. The van der Waals surface area contributed by atoms with Crippen molar-refractivity contribution in [3.05, 3.63) is 18.2 Å². The predicted octanol–water partition coefficient (Wildman–Crippen LogP) is 3.96. The Labute approximate surface area is 124 Å². The predicted molar refractivity (Wildman–Crippen MR) is 85.0 cm³/mol. The molecule has 3 nitrogen and oxygen atoms in total. The third kappa shape index (κ3) is 4.08. The summed E-state index contributed by atoms with van der Waals surface area (Å²) in [5.74, 6) is 2.67. The summed E-state index contributed by atoms with van der Waals surface area (Å²) in [6.45, 7) is 11.1. The van der Waals surface area contributed by atoms with Crippen LogP contribution in [0.25, 0.3) is 0 Å². The summed E-state index contributed by atoms with van der Waals surface area (Å²) in [4.78, 5) is 4.68. The van der Waals surface area contributed by atoms with Crippen LogP contribution in [0, 0.1) is 5.92 Å². The van der Waals surface area contributed by atoms with Crippen LogP contribution in [0.1, 0.15) is 71.5 Å². The summed E-state index contributed by atoms with van der Waals surface area (Å²) < 4.78 is 2.33. The van der Waals surface area contributed by atoms with Gasteiger partial charge in [-0.3, -0.25) is 0 Å². The molecule has 1 saturated carbocycles. The Hall–Kier alpha value is -0.830. The van der Waals surface area contributed by atoms with Crippen molar-refractivity contribution < 1.29 is 0 Å². The summed E-state index contributed by atoms with van der Waals surface area (Å²) in [5.41, 5.74) is 0.205. The maximum absolute atomic E-state index is 4.68. The molecule has 1 aliphatic rings. The number of imidazole rings is 1. The normalized spacial score (nSPS) is 24.6. The molecular weight excluding hydrogens is 246 g/mol. The van der Waals surface area contributed by atoms with Gasteiger partial charge >= 0.3 is 0 Å². The molecule has 1 heterocycles. The Morgan fingerprint density at radius 3 is 2.70 bits per heavy atom. The topological polar surface area (TPSA) is 29.9 Å². The Morgan fingerprint density at radius 1 is 1.25 bits per heavy atom. The van der Waals surface area contributed by atoms with Gasteiger partial charge in [0.05, 0.1) is 0 Å². The summed E-state index contributed by atoms with van der Waals surface area (Å²) in [6.07, 6.45) is 10.9. The molecule has 1 fully saturated rings. The molecule has 2 atom stereocenters. The molecule has 1 aromatic heterocycles. The lowest BCUT2D eigenvalue weighted by atomic mass is 9.86. The highest BCUT2D eigenvalue weighted by molar-refractivity contribution is 5.04. The minimum Gasteiger partial charge on any atom is -0.335 e. The van der Waals surface area contributed by atoms with Crippen LogP contribution in [-0.2, 0) is 6.54 Å². The molecule has 0 amide bonds. The van der Waals surface area contributed by atoms with Gasteiger partial charge in [-0.15, -0.1) is 0 Å². The van der Waals surface area contributed by atoms with Crippen molar-refractivity contribution in [1.82, 2.24) is 14.9 Å². The number of hydrogen-bond acceptors (Lipinski definition) is 2. The molecular formula is C17H31N3. The standard InChI is InChI=1S/C17H31N3/c1-5-20-12-11-18-16(20)15-10-8-6-7-9-14(15)13-19-17(2,3)4/h11-12,14-15,19H,5-10,13H2,1-4H3. The molecule has 0 spiro atoms. The third-order valence-corrected chi connectivity index (χ3v) is 4.47. The second kappa shape index (κ2) is 6.75. The molecule has 3 heteroatoms. The molecule has 0 radical (unpaired) electrons. The van der Waals surface area contributed by atoms with Crippen LogP contribution < -0.4 is 5.32 Å². The van der Waals surface area contributed by atoms with E-state index in [0.29, 0.717) is 5.92 Å². The van der Waals surface area contributed by atoms with Crippen LogP contribution in [0.2, 0.25) is 0 Å². The fraction of sp³-hybridized carbons (Fsp3) is 0.824. The van der Waals surface area contributed by atoms with Gasteiger partial charge in [-0.25, -0.2) is 4.98 Å². The lowest BCUT2D eigenvalue weighted by Crippen LogP contribution is -2.40. The SMILES string of the molecule is CCn1ccnc1C1CCCCCC1CNC(C)(C)C. The van der Waals surface area contributed by atoms with E-state index in [1.807, 2.05) is 6.20 Å². The number of aromatic nitrogens is 2. The second-order valence-corrected chi connectivity index (χ2v) is 7.21. The van der Waals surface area contributed by atoms with E-state index in [-0.39, 0.29) is 5.54 Å². The van der Waals surface area contributed by atoms with E-state index in [1.54, 1.807) is 0 Å². The zero-order valence-electron chi connectivity index (χ0n) is 13.7. The molecule has 20 heavy (non-hydrogen) atoms. The number of hydrogen-bond donors (Lipinski definition) is 1. The summed E-state index contributed by atoms with van der Waals surface area (Å²) in [6, 6.07) is 0. The Kier molecular flexibility index (Phi) is 5.25. The molecule has 2 unspecified atom stereocenters. The lowest BCUT2D eigenvalue weighted by Gasteiger charge is -2.29. The van der Waals surface area contributed by atoms with Crippen molar-refractivity contribution in [1.29, 1.82) is 0 Å². The molecule has 0 aliphatic heterocycles. The smallest absolute Gasteiger partial charge is 0.112 e. The molecule has 1 aliphatic carbocycles. The average molecular weight is 277 g/mol. The van der Waals surface area contributed by atoms with Crippen LogP contribution in [0.15, 0.2) is 12.4 Å². The highest BCUT2D eigenvalue weighted by Crippen LogP contribution is 2.35. The fourth-order valence-corrected chi connectivity index (χ4v) is 3.32. The Balaban J connectivity index is 2.13. The van der Waals surface area contributed by atoms with Crippen LogP contribution in [0.4, 0.5) is 0 Å². The van der Waals surface area contributed by atoms with Crippen LogP contribution in [0.5, 0.6) is 0 Å². The van der Waals surface area contributed by atoms with E-state index in [4.69, 9.17) is 0 Å². The van der Waals surface area contributed by atoms with Crippen molar-refractivity contribution in [2.75, 3.05) is 6.54 Å². The van der Waals surface area contributed by atoms with Crippen LogP contribution in [0.3, 0.4) is 0 Å². The number of nitrogens with zero attached hydrogens (tertiary/aromatic N) is 2. The van der Waals surface area contributed by atoms with Gasteiger partial charge in [0.25, 0.3) is 0 Å². The first-order chi connectivity index (χ1) is 9.51. The Morgan fingerprint density at radius 2 is 2.00 bits per heavy atom. The molecule has 0 aromatic carbocycles. The highest BCUT2D eigenvalue weighted by atomic mass is 15.1. The zero-order valence-corrected chi connectivity index (χ0v) is 13.7. The maximum Gasteiger partial charge on any atom is 0.112 e. The van der Waals surface area contributed by atoms with E-state index < -0.39 is 0 Å². The monoisotopic (exact) mass is 277 g/mol. The maximum atomic E-state index is 4.68. The fourth-order valence-electron chi connectivity index (χ4n) is 3.32. The molecule has 0 saturated heterocycles. The van der Waals surface area contributed by atoms with E-state index in [2.05, 4.69) is 48.8 Å². The molecule has 114 valence electrons. The van der Waals surface area contributed by atoms with Crippen molar-refractivity contribution in [3.8, 4) is 0 Å². The molecule has 0 bridgehead atoms. The van der Waals surface area contributed by atoms with Crippen molar-refractivity contribution in [2.24, 2.45) is 5.92 Å². The van der Waals surface area contributed by atoms with Crippen molar-refractivity contribution >= 4 is 0 Å². The Bertz CT molecular complexity index is 403. The van der Waals surface area contributed by atoms with E-state index in [1.165, 1.54) is 37.9 Å². The summed E-state index contributed by atoms with van der Waals surface area (Å²) >= 11 is 0. The minimum atomic E-state index is 0.205. The third-order valence-electron chi connectivity index (χ3n) is 4.47. The van der Waals surface area contributed by atoms with Gasteiger partial charge in [0.1, 0.15) is 5.82 Å². The van der Waals surface area contributed by atoms with E-state index in [9.17, 15) is 0 Å². The van der Waals surface area contributed by atoms with Gasteiger partial charge < -0.3 is 9.88 Å². The number of nitrogens with one attached hydrogen (secondary N) is 1. The van der Waals surface area contributed by atoms with Gasteiger partial charge in [-0.2, -0.15) is 0 Å². The van der Waals surface area contributed by atoms with E-state index >= 15 is 0 Å². The summed E-state index contributed by atoms with van der Waals surface area (Å²) in [5, 5.41) is 3.71. The van der Waals surface area contributed by atoms with Crippen LogP contribution >= 0.6 is 0 Å². The highest BCUT2D eigenvalue weighted by Gasteiger charge is 2.28. The van der Waals surface area contributed by atoms with Crippen molar-refractivity contribution in [3.63, 3.8) is 0 Å². The van der Waals surface area contributed by atoms with Crippen LogP contribution in [-0.4, -0.2) is 21.6 Å². The summed E-state index contributed by atoms with van der Waals surface area (Å²) in [7, 11) is 0. The first-order valence-electron chi connectivity index (χ1n) is 8.27. The average Bonchev–Trinajstić information content (AvgIpc) is 2.73. The largest absolute Gasteiger partial charge is 0.335 e. The quantitative estimate of drug-likeness (QED) is 0.844. The molecule has 1 aromatic rings. The van der Waals surface area contributed by atoms with Gasteiger partial charge in [-0.1, -0.05) is 19.3 Å². The first-order valence-corrected chi connectivity index (χ1v) is 8.27. The van der Waals surface area contributed by atoms with Gasteiger partial charge in [0.2, 0.25) is 0 Å². The number of aryl methyl sites for hydroxylation is 1. The van der Waals surface area contributed by atoms with E-state index in [0.717, 1.165) is 19.0 Å². The molecule has 2 rings (SSSR count). The lowest BCUT2D eigenvalue weighted by molar-refractivity contribution is 0.311.